The number of nitrogens with one attached hydrogen (secondary N) is 5. The Balaban J connectivity index is 0.808. The fraction of sp³-hybridized carbons (Fsp3) is 0.409. The van der Waals surface area contributed by atoms with Crippen LogP contribution in [0.3, 0.4) is 0 Å². The van der Waals surface area contributed by atoms with E-state index in [0.29, 0.717) is 79.2 Å². The lowest BCUT2D eigenvalue weighted by molar-refractivity contribution is -0.136. The van der Waals surface area contributed by atoms with Crippen LogP contribution in [0, 0.1) is 13.8 Å². The molecule has 6 heterocycles. The Bertz CT molecular complexity index is 2730. The summed E-state index contributed by atoms with van der Waals surface area (Å²) in [7, 11) is 1.62. The number of amides is 4. The number of rotatable bonds is 18. The van der Waals surface area contributed by atoms with Gasteiger partial charge in [0.1, 0.15) is 34.8 Å². The van der Waals surface area contributed by atoms with E-state index in [0.717, 1.165) is 63.3 Å². The molecule has 19 heteroatoms. The predicted molar refractivity (Wildman–Crippen MR) is 231 cm³/mol. The largest absolute Gasteiger partial charge is 0.496 e. The van der Waals surface area contributed by atoms with Gasteiger partial charge < -0.3 is 44.6 Å². The van der Waals surface area contributed by atoms with Gasteiger partial charge in [0.25, 0.3) is 11.8 Å². The highest BCUT2D eigenvalue weighted by molar-refractivity contribution is 6.14. The molecule has 1 saturated heterocycles. The van der Waals surface area contributed by atoms with Gasteiger partial charge in [0.05, 0.1) is 55.9 Å². The molecule has 2 aliphatic heterocycles. The highest BCUT2D eigenvalue weighted by atomic mass is 16.5. The summed E-state index contributed by atoms with van der Waals surface area (Å²) in [6, 6.07) is 10.7. The van der Waals surface area contributed by atoms with Crippen LogP contribution in [-0.4, -0.2) is 111 Å². The van der Waals surface area contributed by atoms with Gasteiger partial charge in [-0.25, -0.2) is 14.6 Å². The minimum atomic E-state index is -0.672. The summed E-state index contributed by atoms with van der Waals surface area (Å²) in [6.45, 7) is 8.67. The van der Waals surface area contributed by atoms with E-state index in [9.17, 15) is 19.2 Å². The first-order valence-corrected chi connectivity index (χ1v) is 21.2. The number of ether oxygens (including phenoxy) is 3. The molecule has 1 aliphatic carbocycles. The Kier molecular flexibility index (Phi) is 11.5. The molecule has 4 aromatic heterocycles. The van der Waals surface area contributed by atoms with Gasteiger partial charge in [-0.3, -0.25) is 24.5 Å². The smallest absolute Gasteiger partial charge is 0.289 e. The fourth-order valence-corrected chi connectivity index (χ4v) is 8.37. The Morgan fingerprint density at radius 1 is 0.984 bits per heavy atom. The molecule has 0 radical (unpaired) electrons. The third-order valence-electron chi connectivity index (χ3n) is 11.7. The van der Waals surface area contributed by atoms with Gasteiger partial charge in [-0.05, 0) is 64.3 Å². The van der Waals surface area contributed by atoms with E-state index in [1.165, 1.54) is 4.90 Å². The zero-order valence-corrected chi connectivity index (χ0v) is 35.6. The molecule has 0 bridgehead atoms. The Hall–Kier alpha value is -6.86. The number of anilines is 3. The number of imide groups is 1. The number of carbonyl (C=O) groups excluding carboxylic acids is 4. The number of piperidine rings is 1. The van der Waals surface area contributed by atoms with Crippen molar-refractivity contribution in [1.29, 1.82) is 0 Å². The summed E-state index contributed by atoms with van der Waals surface area (Å²) in [5.74, 6) is 1.49. The third kappa shape index (κ3) is 8.28. The van der Waals surface area contributed by atoms with Crippen LogP contribution in [0.1, 0.15) is 82.2 Å². The molecule has 5 N–H and O–H groups in total. The number of nitrogens with zero attached hydrogens (tertiary/aromatic N) is 6. The van der Waals surface area contributed by atoms with Crippen LogP contribution in [0.4, 0.5) is 17.3 Å². The second kappa shape index (κ2) is 17.5. The molecule has 1 atom stereocenters. The van der Waals surface area contributed by atoms with Crippen molar-refractivity contribution in [3.63, 3.8) is 0 Å². The number of H-pyrrole nitrogens is 1. The molecule has 4 amide bonds. The van der Waals surface area contributed by atoms with Crippen LogP contribution in [0.2, 0.25) is 0 Å². The lowest BCUT2D eigenvalue weighted by atomic mass is 10.0. The summed E-state index contributed by atoms with van der Waals surface area (Å²) in [5, 5.41) is 22.5. The van der Waals surface area contributed by atoms with Gasteiger partial charge in [-0.15, -0.1) is 0 Å². The Morgan fingerprint density at radius 3 is 2.52 bits per heavy atom. The molecular weight excluding hydrogens is 811 g/mol. The summed E-state index contributed by atoms with van der Waals surface area (Å²) < 4.78 is 24.8. The summed E-state index contributed by atoms with van der Waals surface area (Å²) in [5.41, 5.74) is 6.80. The first-order valence-electron chi connectivity index (χ1n) is 21.2. The zero-order valence-electron chi connectivity index (χ0n) is 35.6. The van der Waals surface area contributed by atoms with Crippen LogP contribution in [0.15, 0.2) is 40.9 Å². The van der Waals surface area contributed by atoms with Crippen molar-refractivity contribution in [2.45, 2.75) is 71.5 Å². The minimum Gasteiger partial charge on any atom is -0.496 e. The highest BCUT2D eigenvalue weighted by Crippen LogP contribution is 2.43. The van der Waals surface area contributed by atoms with Gasteiger partial charge in [-0.1, -0.05) is 11.2 Å². The molecule has 2 fully saturated rings. The second-order valence-corrected chi connectivity index (χ2v) is 15.9. The summed E-state index contributed by atoms with van der Waals surface area (Å²) in [4.78, 5) is 65.2. The number of benzene rings is 2. The van der Waals surface area contributed by atoms with Gasteiger partial charge in [-0.2, -0.15) is 5.10 Å². The van der Waals surface area contributed by atoms with Crippen molar-refractivity contribution in [3.8, 4) is 16.9 Å². The maximum Gasteiger partial charge on any atom is 0.289 e. The number of hydrogen-bond donors (Lipinski definition) is 5. The molecule has 9 rings (SSSR count). The number of fused-ring (bicyclic) bond motifs is 4. The molecule has 63 heavy (non-hydrogen) atoms. The van der Waals surface area contributed by atoms with E-state index in [2.05, 4.69) is 42.5 Å². The number of aryl methyl sites for hydroxylation is 3. The van der Waals surface area contributed by atoms with E-state index in [-0.39, 0.29) is 43.8 Å². The van der Waals surface area contributed by atoms with Crippen molar-refractivity contribution < 1.29 is 37.9 Å². The maximum absolute atomic E-state index is 13.6. The van der Waals surface area contributed by atoms with Gasteiger partial charge in [0.2, 0.25) is 17.6 Å². The maximum atomic E-state index is 13.6. The second-order valence-electron chi connectivity index (χ2n) is 15.9. The quantitative estimate of drug-likeness (QED) is 0.0574. The molecule has 6 aromatic rings. The normalized spacial score (nSPS) is 16.2. The topological polar surface area (TPSA) is 233 Å². The number of methoxy groups -OCH3 is 1. The number of aromatic amines is 1. The third-order valence-corrected chi connectivity index (χ3v) is 11.7. The van der Waals surface area contributed by atoms with E-state index in [1.54, 1.807) is 19.2 Å². The average Bonchev–Trinajstić information content (AvgIpc) is 3.65. The molecule has 1 unspecified atom stereocenters. The van der Waals surface area contributed by atoms with Crippen molar-refractivity contribution >= 4 is 62.9 Å². The van der Waals surface area contributed by atoms with Gasteiger partial charge in [0.15, 0.2) is 0 Å². The SMILES string of the molecule is CCn1nc(C2CC2)cc1Nc1nc(C(=O)NCCOCCOCCNc2cccc3c2CN(C2CCC(=O)NC2=O)C3=O)nc2[nH]c3cc(-c4c(C)noc4C)c(OC)cc3c12. The van der Waals surface area contributed by atoms with Crippen LogP contribution in [0.25, 0.3) is 33.1 Å². The van der Waals surface area contributed by atoms with Crippen molar-refractivity contribution in [1.82, 2.24) is 45.4 Å². The van der Waals surface area contributed by atoms with Gasteiger partial charge >= 0.3 is 0 Å². The van der Waals surface area contributed by atoms with Crippen molar-refractivity contribution in [3.05, 3.63) is 70.5 Å². The summed E-state index contributed by atoms with van der Waals surface area (Å²) in [6.07, 6.45) is 2.74. The van der Waals surface area contributed by atoms with Crippen LogP contribution >= 0.6 is 0 Å². The monoisotopic (exact) mass is 859 g/mol. The van der Waals surface area contributed by atoms with E-state index in [1.807, 2.05) is 43.7 Å². The lowest BCUT2D eigenvalue weighted by Crippen LogP contribution is -2.52. The van der Waals surface area contributed by atoms with E-state index < -0.39 is 17.9 Å². The van der Waals surface area contributed by atoms with Gasteiger partial charge in [0, 0.05) is 77.9 Å². The van der Waals surface area contributed by atoms with Crippen LogP contribution in [-0.2, 0) is 32.2 Å². The number of aromatic nitrogens is 6. The van der Waals surface area contributed by atoms with Crippen molar-refractivity contribution in [2.24, 2.45) is 0 Å². The average molecular weight is 860 g/mol. The van der Waals surface area contributed by atoms with E-state index in [4.69, 9.17) is 28.8 Å². The molecule has 19 nitrogen and oxygen atoms in total. The van der Waals surface area contributed by atoms with Crippen LogP contribution in [0.5, 0.6) is 5.75 Å². The number of hydrogen-bond acceptors (Lipinski definition) is 14. The number of carbonyl (C=O) groups is 4. The predicted octanol–water partition coefficient (Wildman–Crippen LogP) is 4.87. The first-order chi connectivity index (χ1) is 30.6. The molecule has 0 spiro atoms. The fourth-order valence-electron chi connectivity index (χ4n) is 8.37. The standard InChI is InChI=1S/C44H49N11O8/c1-5-55-35(21-31(52-55)25-9-10-25)48-40-38-27-20-34(60-4)28(37-23(2)53-63-24(37)3)19-32(27)47-39(38)50-41(51-40)43(58)46-14-16-62-18-17-61-15-13-45-30-8-6-7-26-29(30)22-54(44(26)59)33-11-12-36(56)49-42(33)57/h6-8,19-21,25,33,45H,5,9-18,22H2,1-4H3,(H,46,58)(H,49,56,57)(H2,47,48,50,51). The molecule has 1 saturated carbocycles. The van der Waals surface area contributed by atoms with Crippen molar-refractivity contribution in [2.75, 3.05) is 57.3 Å². The summed E-state index contributed by atoms with van der Waals surface area (Å²) >= 11 is 0. The Morgan fingerprint density at radius 2 is 1.79 bits per heavy atom. The first kappa shape index (κ1) is 41.5. The zero-order chi connectivity index (χ0) is 43.8. The molecule has 3 aliphatic rings. The Labute approximate surface area is 361 Å². The molecule has 328 valence electrons. The molecular formula is C44H49N11O8. The van der Waals surface area contributed by atoms with Crippen LogP contribution < -0.4 is 26.0 Å². The molecule has 2 aromatic carbocycles. The highest BCUT2D eigenvalue weighted by Gasteiger charge is 2.40. The van der Waals surface area contributed by atoms with E-state index >= 15 is 0 Å². The minimum absolute atomic E-state index is 0.0209. The lowest BCUT2D eigenvalue weighted by Gasteiger charge is -2.29.